The highest BCUT2D eigenvalue weighted by molar-refractivity contribution is 7.89. The molecule has 0 aliphatic carbocycles. The summed E-state index contributed by atoms with van der Waals surface area (Å²) in [5.41, 5.74) is 1.01. The molecule has 0 N–H and O–H groups in total. The molecule has 7 heteroatoms. The Kier molecular flexibility index (Phi) is 4.52. The molecule has 1 fully saturated rings. The average Bonchev–Trinajstić information content (AvgIpc) is 3.15. The monoisotopic (exact) mass is 335 g/mol. The molecule has 1 aliphatic heterocycles. The number of hydrogen-bond donors (Lipinski definition) is 0. The van der Waals surface area contributed by atoms with E-state index in [0.717, 1.165) is 5.56 Å². The summed E-state index contributed by atoms with van der Waals surface area (Å²) in [5, 5.41) is 4.16. The van der Waals surface area contributed by atoms with Crippen LogP contribution in [0.2, 0.25) is 0 Å². The van der Waals surface area contributed by atoms with Gasteiger partial charge < -0.3 is 4.74 Å². The van der Waals surface area contributed by atoms with Crippen LogP contribution in [-0.2, 0) is 28.2 Å². The van der Waals surface area contributed by atoms with Gasteiger partial charge in [0.05, 0.1) is 23.2 Å². The highest BCUT2D eigenvalue weighted by atomic mass is 32.2. The molecular formula is C16H21N3O3S. The predicted molar refractivity (Wildman–Crippen MR) is 86.4 cm³/mol. The molecule has 1 saturated heterocycles. The molecule has 1 aromatic carbocycles. The molecule has 2 atom stereocenters. The lowest BCUT2D eigenvalue weighted by Gasteiger charge is -2.26. The maximum absolute atomic E-state index is 13.0. The third-order valence-electron chi connectivity index (χ3n) is 4.29. The standard InChI is InChI=1S/C16H21N3O3S/c1-18-12-13(11-17-18)10-15-16(22-2)8-9-19(15)23(20,21)14-6-4-3-5-7-14/h3-7,11-12,15-16H,8-10H2,1-2H3/t15-,16+/m0/s1. The Morgan fingerprint density at radius 3 is 2.65 bits per heavy atom. The van der Waals surface area contributed by atoms with Gasteiger partial charge >= 0.3 is 0 Å². The highest BCUT2D eigenvalue weighted by Crippen LogP contribution is 2.29. The summed E-state index contributed by atoms with van der Waals surface area (Å²) < 4.78 is 34.7. The van der Waals surface area contributed by atoms with E-state index in [-0.39, 0.29) is 12.1 Å². The van der Waals surface area contributed by atoms with Crippen LogP contribution in [0, 0.1) is 0 Å². The van der Waals surface area contributed by atoms with E-state index in [1.165, 1.54) is 0 Å². The summed E-state index contributed by atoms with van der Waals surface area (Å²) in [6.07, 6.45) is 4.89. The van der Waals surface area contributed by atoms with E-state index in [1.54, 1.807) is 46.6 Å². The van der Waals surface area contributed by atoms with Crippen molar-refractivity contribution < 1.29 is 13.2 Å². The van der Waals surface area contributed by atoms with E-state index in [4.69, 9.17) is 4.74 Å². The van der Waals surface area contributed by atoms with Crippen molar-refractivity contribution in [2.45, 2.75) is 29.9 Å². The van der Waals surface area contributed by atoms with Gasteiger partial charge in [0.15, 0.2) is 0 Å². The molecule has 23 heavy (non-hydrogen) atoms. The Hall–Kier alpha value is -1.70. The van der Waals surface area contributed by atoms with E-state index < -0.39 is 10.0 Å². The first-order chi connectivity index (χ1) is 11.0. The fraction of sp³-hybridized carbons (Fsp3) is 0.438. The van der Waals surface area contributed by atoms with E-state index in [2.05, 4.69) is 5.10 Å². The summed E-state index contributed by atoms with van der Waals surface area (Å²) in [5.74, 6) is 0. The average molecular weight is 335 g/mol. The van der Waals surface area contributed by atoms with Gasteiger partial charge in [-0.3, -0.25) is 4.68 Å². The van der Waals surface area contributed by atoms with Gasteiger partial charge in [-0.15, -0.1) is 0 Å². The zero-order chi connectivity index (χ0) is 16.4. The smallest absolute Gasteiger partial charge is 0.243 e. The van der Waals surface area contributed by atoms with E-state index in [1.807, 2.05) is 19.3 Å². The van der Waals surface area contributed by atoms with Crippen LogP contribution in [-0.4, -0.2) is 48.3 Å². The summed E-state index contributed by atoms with van der Waals surface area (Å²) in [6.45, 7) is 0.473. The number of rotatable bonds is 5. The Morgan fingerprint density at radius 2 is 2.04 bits per heavy atom. The van der Waals surface area contributed by atoms with Crippen LogP contribution in [0.3, 0.4) is 0 Å². The highest BCUT2D eigenvalue weighted by Gasteiger charge is 2.41. The lowest BCUT2D eigenvalue weighted by Crippen LogP contribution is -2.41. The third-order valence-corrected chi connectivity index (χ3v) is 6.23. The lowest BCUT2D eigenvalue weighted by molar-refractivity contribution is 0.0810. The third kappa shape index (κ3) is 3.17. The normalized spacial score (nSPS) is 22.5. The van der Waals surface area contributed by atoms with Gasteiger partial charge in [0.2, 0.25) is 10.0 Å². The van der Waals surface area contributed by atoms with Crippen LogP contribution in [0.1, 0.15) is 12.0 Å². The number of aryl methyl sites for hydroxylation is 1. The van der Waals surface area contributed by atoms with Gasteiger partial charge in [-0.25, -0.2) is 8.42 Å². The maximum atomic E-state index is 13.0. The molecule has 0 spiro atoms. The molecule has 2 aromatic rings. The quantitative estimate of drug-likeness (QED) is 0.829. The van der Waals surface area contributed by atoms with Crippen molar-refractivity contribution in [1.82, 2.24) is 14.1 Å². The predicted octanol–water partition coefficient (Wildman–Crippen LogP) is 1.44. The van der Waals surface area contributed by atoms with Crippen LogP contribution >= 0.6 is 0 Å². The zero-order valence-electron chi connectivity index (χ0n) is 13.3. The van der Waals surface area contributed by atoms with Crippen LogP contribution in [0.5, 0.6) is 0 Å². The van der Waals surface area contributed by atoms with Crippen molar-refractivity contribution in [3.8, 4) is 0 Å². The van der Waals surface area contributed by atoms with Gasteiger partial charge in [-0.1, -0.05) is 18.2 Å². The zero-order valence-corrected chi connectivity index (χ0v) is 14.1. The number of hydrogen-bond acceptors (Lipinski definition) is 4. The minimum atomic E-state index is -3.52. The summed E-state index contributed by atoms with van der Waals surface area (Å²) >= 11 is 0. The fourth-order valence-corrected chi connectivity index (χ4v) is 4.84. The van der Waals surface area contributed by atoms with Gasteiger partial charge in [-0.05, 0) is 30.5 Å². The molecule has 0 unspecified atom stereocenters. The second-order valence-electron chi connectivity index (χ2n) is 5.79. The van der Waals surface area contributed by atoms with Gasteiger partial charge in [0.25, 0.3) is 0 Å². The molecule has 0 saturated carbocycles. The molecule has 0 bridgehead atoms. The maximum Gasteiger partial charge on any atom is 0.243 e. The Balaban J connectivity index is 1.90. The number of aromatic nitrogens is 2. The molecule has 1 aliphatic rings. The molecule has 3 rings (SSSR count). The van der Waals surface area contributed by atoms with Crippen molar-refractivity contribution in [2.24, 2.45) is 7.05 Å². The number of methoxy groups -OCH3 is 1. The number of ether oxygens (including phenoxy) is 1. The number of benzene rings is 1. The molecule has 1 aromatic heterocycles. The fourth-order valence-electron chi connectivity index (χ4n) is 3.15. The van der Waals surface area contributed by atoms with Crippen LogP contribution in [0.25, 0.3) is 0 Å². The molecule has 124 valence electrons. The summed E-state index contributed by atoms with van der Waals surface area (Å²) in [7, 11) is -0.0280. The number of nitrogens with zero attached hydrogens (tertiary/aromatic N) is 3. The van der Waals surface area contributed by atoms with Crippen molar-refractivity contribution >= 4 is 10.0 Å². The SMILES string of the molecule is CO[C@@H]1CCN(S(=O)(=O)c2ccccc2)[C@H]1Cc1cnn(C)c1. The minimum Gasteiger partial charge on any atom is -0.380 e. The molecule has 6 nitrogen and oxygen atoms in total. The molecule has 0 amide bonds. The first kappa shape index (κ1) is 16.2. The van der Waals surface area contributed by atoms with Crippen molar-refractivity contribution in [2.75, 3.05) is 13.7 Å². The van der Waals surface area contributed by atoms with Crippen LogP contribution < -0.4 is 0 Å². The number of sulfonamides is 1. The molecular weight excluding hydrogens is 314 g/mol. The Labute approximate surface area is 136 Å². The Bertz CT molecular complexity index is 758. The summed E-state index contributed by atoms with van der Waals surface area (Å²) in [6, 6.07) is 8.36. The first-order valence-electron chi connectivity index (χ1n) is 7.59. The lowest BCUT2D eigenvalue weighted by atomic mass is 10.1. The first-order valence-corrected chi connectivity index (χ1v) is 9.03. The van der Waals surface area contributed by atoms with E-state index in [9.17, 15) is 8.42 Å². The van der Waals surface area contributed by atoms with Crippen LogP contribution in [0.4, 0.5) is 0 Å². The van der Waals surface area contributed by atoms with Crippen molar-refractivity contribution in [3.05, 3.63) is 48.3 Å². The second-order valence-corrected chi connectivity index (χ2v) is 7.68. The Morgan fingerprint density at radius 1 is 1.30 bits per heavy atom. The topological polar surface area (TPSA) is 64.4 Å². The minimum absolute atomic E-state index is 0.103. The molecule has 2 heterocycles. The van der Waals surface area contributed by atoms with Crippen molar-refractivity contribution in [3.63, 3.8) is 0 Å². The van der Waals surface area contributed by atoms with Gasteiger partial charge in [0, 0.05) is 26.9 Å². The van der Waals surface area contributed by atoms with Crippen molar-refractivity contribution in [1.29, 1.82) is 0 Å². The summed E-state index contributed by atoms with van der Waals surface area (Å²) in [4.78, 5) is 0.327. The van der Waals surface area contributed by atoms with E-state index in [0.29, 0.717) is 24.3 Å². The van der Waals surface area contributed by atoms with Crippen LogP contribution in [0.15, 0.2) is 47.6 Å². The van der Waals surface area contributed by atoms with E-state index >= 15 is 0 Å². The second kappa shape index (κ2) is 6.43. The van der Waals surface area contributed by atoms with Gasteiger partial charge in [0.1, 0.15) is 0 Å². The molecule has 0 radical (unpaired) electrons. The van der Waals surface area contributed by atoms with Gasteiger partial charge in [-0.2, -0.15) is 9.40 Å². The largest absolute Gasteiger partial charge is 0.380 e.